The van der Waals surface area contributed by atoms with Crippen LogP contribution in [0.1, 0.15) is 0 Å². The van der Waals surface area contributed by atoms with Crippen LogP contribution in [-0.4, -0.2) is 24.7 Å². The second kappa shape index (κ2) is 3.13. The molecule has 0 fully saturated rings. The van der Waals surface area contributed by atoms with Crippen LogP contribution in [0.25, 0.3) is 0 Å². The van der Waals surface area contributed by atoms with Gasteiger partial charge in [0.05, 0.1) is 0 Å². The number of hydrogen-bond donors (Lipinski definition) is 0. The van der Waals surface area contributed by atoms with E-state index in [2.05, 4.69) is 24.7 Å². The summed E-state index contributed by atoms with van der Waals surface area (Å²) in [7, 11) is 0. The molecule has 0 aromatic rings. The normalized spacial score (nSPS) is 9.38. The van der Waals surface area contributed by atoms with E-state index < -0.39 is 18.4 Å². The summed E-state index contributed by atoms with van der Waals surface area (Å²) < 4.78 is 2.96. The molecule has 0 spiro atoms. The summed E-state index contributed by atoms with van der Waals surface area (Å²) in [5.41, 5.74) is 0. The van der Waals surface area contributed by atoms with Gasteiger partial charge in [0.15, 0.2) is 0 Å². The summed E-state index contributed by atoms with van der Waals surface area (Å²) in [6, 6.07) is 0. The van der Waals surface area contributed by atoms with Gasteiger partial charge in [-0.2, -0.15) is 0 Å². The molecule has 1 nitrogen and oxygen atoms in total. The number of carbonyl (C=O) groups excluding carboxylic acids is 1. The van der Waals surface area contributed by atoms with E-state index in [0.717, 1.165) is 0 Å². The van der Waals surface area contributed by atoms with Gasteiger partial charge in [-0.3, -0.25) is 0 Å². The molecule has 0 aliphatic heterocycles. The molecule has 8 heavy (non-hydrogen) atoms. The van der Waals surface area contributed by atoms with Crippen molar-refractivity contribution in [2.24, 2.45) is 0 Å². The van der Waals surface area contributed by atoms with E-state index in [0.29, 0.717) is 6.29 Å². The molecule has 0 N–H and O–H groups in total. The molecule has 0 aliphatic carbocycles. The summed E-state index contributed by atoms with van der Waals surface area (Å²) in [4.78, 5) is 16.2. The maximum atomic E-state index is 9.71. The van der Waals surface area contributed by atoms with Crippen molar-refractivity contribution < 1.29 is 4.79 Å². The fraction of sp³-hybridized carbons (Fsp3) is 0.500. The van der Waals surface area contributed by atoms with Crippen molar-refractivity contribution in [3.63, 3.8) is 0 Å². The predicted molar refractivity (Wildman–Crippen MR) is 37.2 cm³/mol. The molecule has 0 saturated heterocycles. The minimum atomic E-state index is -1.90. The van der Waals surface area contributed by atoms with E-state index in [9.17, 15) is 4.79 Å². The van der Waals surface area contributed by atoms with Gasteiger partial charge in [0.25, 0.3) is 0 Å². The van der Waals surface area contributed by atoms with Gasteiger partial charge >= 0.3 is 54.1 Å². The Balaban J connectivity index is 3.87. The Morgan fingerprint density at radius 2 is 1.88 bits per heavy atom. The van der Waals surface area contributed by atoms with Gasteiger partial charge in [-0.1, -0.05) is 0 Å². The van der Waals surface area contributed by atoms with E-state index in [1.165, 1.54) is 0 Å². The van der Waals surface area contributed by atoms with Crippen molar-refractivity contribution in [1.82, 2.24) is 0 Å². The average molecular weight is 217 g/mol. The molecule has 0 aromatic carbocycles. The Hall–Kier alpha value is 0.0287. The van der Waals surface area contributed by atoms with E-state index in [4.69, 9.17) is 0 Å². The molecule has 2 heteroatoms. The van der Waals surface area contributed by atoms with Crippen molar-refractivity contribution in [2.75, 3.05) is 0 Å². The van der Waals surface area contributed by atoms with Crippen molar-refractivity contribution in [1.29, 1.82) is 0 Å². The Labute approximate surface area is 54.3 Å². The van der Waals surface area contributed by atoms with Gasteiger partial charge in [0.2, 0.25) is 0 Å². The molecule has 0 unspecified atom stereocenters. The molecule has 0 heterocycles. The van der Waals surface area contributed by atoms with Gasteiger partial charge in [0.1, 0.15) is 0 Å². The standard InChI is InChI=1S/C3HO.3CH3.Sn/c1-2-3-4;;;;/h3H;3*1H3;. The molecule has 0 amide bonds. The zero-order valence-corrected chi connectivity index (χ0v) is 8.34. The molecule has 0 bridgehead atoms. The predicted octanol–water partition coefficient (Wildman–Crippen LogP) is 1.07. The van der Waals surface area contributed by atoms with Crippen LogP contribution in [0.3, 0.4) is 0 Å². The van der Waals surface area contributed by atoms with Crippen molar-refractivity contribution in [2.45, 2.75) is 14.8 Å². The summed E-state index contributed by atoms with van der Waals surface area (Å²) >= 11 is -1.90. The monoisotopic (exact) mass is 218 g/mol. The second-order valence-corrected chi connectivity index (χ2v) is 16.2. The Morgan fingerprint density at radius 3 is 2.00 bits per heavy atom. The van der Waals surface area contributed by atoms with Crippen LogP contribution in [-0.2, 0) is 4.79 Å². The molecule has 0 radical (unpaired) electrons. The van der Waals surface area contributed by atoms with E-state index in [1.54, 1.807) is 0 Å². The fourth-order valence-corrected chi connectivity index (χ4v) is 1.65. The van der Waals surface area contributed by atoms with Crippen LogP contribution in [0, 0.1) is 9.86 Å². The molecule has 44 valence electrons. The first kappa shape index (κ1) is 8.03. The summed E-state index contributed by atoms with van der Waals surface area (Å²) in [5.74, 6) is 2.45. The summed E-state index contributed by atoms with van der Waals surface area (Å²) in [6.45, 7) is 0. The second-order valence-electron chi connectivity index (χ2n) is 2.64. The van der Waals surface area contributed by atoms with Gasteiger partial charge in [-0.25, -0.2) is 0 Å². The van der Waals surface area contributed by atoms with Gasteiger partial charge in [-0.15, -0.1) is 0 Å². The zero-order valence-electron chi connectivity index (χ0n) is 5.49. The number of hydrogen-bond acceptors (Lipinski definition) is 1. The SMILES string of the molecule is [CH3][Sn]([CH3])([CH3])[C]#CC=O. The van der Waals surface area contributed by atoms with Crippen LogP contribution in [0.2, 0.25) is 14.8 Å². The first-order valence-corrected chi connectivity index (χ1v) is 12.5. The number of rotatable bonds is 0. The molecular weight excluding hydrogens is 207 g/mol. The Morgan fingerprint density at radius 1 is 1.38 bits per heavy atom. The quantitative estimate of drug-likeness (QED) is 0.337. The average Bonchev–Trinajstić information content (AvgIpc) is 1.59. The van der Waals surface area contributed by atoms with Crippen molar-refractivity contribution in [3.05, 3.63) is 0 Å². The minimum absolute atomic E-state index is 0.669. The fourth-order valence-electron chi connectivity index (χ4n) is 0.246. The summed E-state index contributed by atoms with van der Waals surface area (Å²) in [6.07, 6.45) is 0.669. The molecule has 0 aromatic heterocycles. The molecule has 0 rings (SSSR count). The van der Waals surface area contributed by atoms with Crippen LogP contribution in [0.5, 0.6) is 0 Å². The molecule has 0 aliphatic rings. The first-order valence-electron chi connectivity index (χ1n) is 2.52. The molecular formula is C6H10OSn. The third-order valence-electron chi connectivity index (χ3n) is 0.506. The topological polar surface area (TPSA) is 17.1 Å². The Bertz CT molecular complexity index is 133. The number of aldehydes is 1. The van der Waals surface area contributed by atoms with Crippen LogP contribution < -0.4 is 0 Å². The van der Waals surface area contributed by atoms with Gasteiger partial charge in [0, 0.05) is 0 Å². The van der Waals surface area contributed by atoms with Crippen LogP contribution in [0.15, 0.2) is 0 Å². The van der Waals surface area contributed by atoms with E-state index >= 15 is 0 Å². The van der Waals surface area contributed by atoms with Crippen LogP contribution in [0.4, 0.5) is 0 Å². The van der Waals surface area contributed by atoms with Crippen molar-refractivity contribution in [3.8, 4) is 9.86 Å². The number of carbonyl (C=O) groups is 1. The van der Waals surface area contributed by atoms with Gasteiger partial charge < -0.3 is 0 Å². The van der Waals surface area contributed by atoms with E-state index in [1.807, 2.05) is 0 Å². The Kier molecular flexibility index (Phi) is 3.15. The van der Waals surface area contributed by atoms with Crippen molar-refractivity contribution >= 4 is 24.7 Å². The molecule has 0 saturated carbocycles. The van der Waals surface area contributed by atoms with Crippen LogP contribution >= 0.6 is 0 Å². The third-order valence-corrected chi connectivity index (χ3v) is 3.06. The maximum absolute atomic E-state index is 9.71. The van der Waals surface area contributed by atoms with Gasteiger partial charge in [-0.05, 0) is 0 Å². The zero-order chi connectivity index (χ0) is 6.62. The summed E-state index contributed by atoms with van der Waals surface area (Å²) in [5, 5.41) is 0. The first-order chi connectivity index (χ1) is 3.56. The third kappa shape index (κ3) is 6.03. The van der Waals surface area contributed by atoms with E-state index in [-0.39, 0.29) is 0 Å². The molecule has 0 atom stereocenters.